The topological polar surface area (TPSA) is 80.1 Å². The van der Waals surface area contributed by atoms with Crippen LogP contribution in [0.1, 0.15) is 5.82 Å². The zero-order valence-corrected chi connectivity index (χ0v) is 10.8. The molecule has 7 heteroatoms. The molecule has 1 aliphatic heterocycles. The van der Waals surface area contributed by atoms with Gasteiger partial charge in [0.1, 0.15) is 6.04 Å². The minimum atomic E-state index is -0.260. The Kier molecular flexibility index (Phi) is 3.39. The van der Waals surface area contributed by atoms with Crippen LogP contribution in [-0.2, 0) is 11.3 Å². The van der Waals surface area contributed by atoms with E-state index in [0.717, 1.165) is 11.4 Å². The summed E-state index contributed by atoms with van der Waals surface area (Å²) in [5, 5.41) is 11.6. The SMILES string of the molecule is O=C(NCc1noc(-c2cccs2)n1)[C@H]1C=CCN1. The lowest BCUT2D eigenvalue weighted by atomic mass is 10.3. The van der Waals surface area contributed by atoms with E-state index < -0.39 is 0 Å². The van der Waals surface area contributed by atoms with Crippen molar-refractivity contribution >= 4 is 17.2 Å². The molecule has 0 saturated heterocycles. The highest BCUT2D eigenvalue weighted by atomic mass is 32.1. The van der Waals surface area contributed by atoms with Crippen molar-refractivity contribution in [1.29, 1.82) is 0 Å². The molecule has 2 N–H and O–H groups in total. The van der Waals surface area contributed by atoms with Gasteiger partial charge < -0.3 is 9.84 Å². The van der Waals surface area contributed by atoms with Gasteiger partial charge >= 0.3 is 0 Å². The Labute approximate surface area is 113 Å². The van der Waals surface area contributed by atoms with Crippen LogP contribution >= 0.6 is 11.3 Å². The molecular formula is C12H12N4O2S. The first-order valence-corrected chi connectivity index (χ1v) is 6.75. The molecule has 0 unspecified atom stereocenters. The highest BCUT2D eigenvalue weighted by molar-refractivity contribution is 7.13. The second-order valence-electron chi connectivity index (χ2n) is 4.02. The lowest BCUT2D eigenvalue weighted by Crippen LogP contribution is -2.40. The molecular weight excluding hydrogens is 264 g/mol. The molecule has 0 spiro atoms. The lowest BCUT2D eigenvalue weighted by Gasteiger charge is -2.08. The predicted molar refractivity (Wildman–Crippen MR) is 70.4 cm³/mol. The molecule has 19 heavy (non-hydrogen) atoms. The van der Waals surface area contributed by atoms with Gasteiger partial charge in [0.25, 0.3) is 5.89 Å². The Morgan fingerprint density at radius 2 is 2.58 bits per heavy atom. The van der Waals surface area contributed by atoms with Crippen LogP contribution in [0, 0.1) is 0 Å². The third-order valence-electron chi connectivity index (χ3n) is 2.69. The van der Waals surface area contributed by atoms with E-state index in [2.05, 4.69) is 20.8 Å². The summed E-state index contributed by atoms with van der Waals surface area (Å²) < 4.78 is 5.14. The van der Waals surface area contributed by atoms with Crippen molar-refractivity contribution in [2.75, 3.05) is 6.54 Å². The molecule has 98 valence electrons. The summed E-state index contributed by atoms with van der Waals surface area (Å²) in [7, 11) is 0. The smallest absolute Gasteiger partial charge is 0.268 e. The first-order valence-electron chi connectivity index (χ1n) is 5.87. The third kappa shape index (κ3) is 2.72. The molecule has 0 radical (unpaired) electrons. The molecule has 0 saturated carbocycles. The van der Waals surface area contributed by atoms with Crippen LogP contribution in [0.2, 0.25) is 0 Å². The van der Waals surface area contributed by atoms with Crippen LogP contribution in [0.4, 0.5) is 0 Å². The molecule has 0 aromatic carbocycles. The van der Waals surface area contributed by atoms with Gasteiger partial charge in [-0.25, -0.2) is 0 Å². The normalized spacial score (nSPS) is 17.8. The highest BCUT2D eigenvalue weighted by Crippen LogP contribution is 2.22. The molecule has 6 nitrogen and oxygen atoms in total. The minimum absolute atomic E-state index is 0.0868. The Morgan fingerprint density at radius 3 is 3.32 bits per heavy atom. The number of hydrogen-bond acceptors (Lipinski definition) is 6. The van der Waals surface area contributed by atoms with Crippen molar-refractivity contribution < 1.29 is 9.32 Å². The summed E-state index contributed by atoms with van der Waals surface area (Å²) in [4.78, 5) is 16.9. The van der Waals surface area contributed by atoms with E-state index in [1.165, 1.54) is 11.3 Å². The number of hydrogen-bond donors (Lipinski definition) is 2. The second-order valence-corrected chi connectivity index (χ2v) is 4.97. The van der Waals surface area contributed by atoms with Crippen LogP contribution in [0.15, 0.2) is 34.2 Å². The molecule has 2 aromatic rings. The van der Waals surface area contributed by atoms with E-state index in [4.69, 9.17) is 4.52 Å². The van der Waals surface area contributed by atoms with Gasteiger partial charge in [-0.2, -0.15) is 4.98 Å². The van der Waals surface area contributed by atoms with Crippen LogP contribution < -0.4 is 10.6 Å². The number of carbonyl (C=O) groups excluding carboxylic acids is 1. The fourth-order valence-corrected chi connectivity index (χ4v) is 2.39. The molecule has 1 atom stereocenters. The van der Waals surface area contributed by atoms with Crippen molar-refractivity contribution in [2.24, 2.45) is 0 Å². The van der Waals surface area contributed by atoms with Gasteiger partial charge in [-0.15, -0.1) is 11.3 Å². The Balaban J connectivity index is 1.58. The van der Waals surface area contributed by atoms with Gasteiger partial charge in [-0.1, -0.05) is 23.4 Å². The van der Waals surface area contributed by atoms with Gasteiger partial charge in [-0.3, -0.25) is 10.1 Å². The number of nitrogens with one attached hydrogen (secondary N) is 2. The van der Waals surface area contributed by atoms with Gasteiger partial charge in [0.05, 0.1) is 11.4 Å². The molecule has 1 amide bonds. The zero-order valence-electron chi connectivity index (χ0n) is 10.00. The standard InChI is InChI=1S/C12H12N4O2S/c17-11(8-3-1-5-13-8)14-7-10-15-12(18-16-10)9-4-2-6-19-9/h1-4,6,8,13H,5,7H2,(H,14,17)/t8-/m1/s1. The fourth-order valence-electron chi connectivity index (χ4n) is 1.75. The molecule has 2 aromatic heterocycles. The maximum Gasteiger partial charge on any atom is 0.268 e. The van der Waals surface area contributed by atoms with Gasteiger partial charge in [-0.05, 0) is 11.4 Å². The number of rotatable bonds is 4. The van der Waals surface area contributed by atoms with Gasteiger partial charge in [0.15, 0.2) is 5.82 Å². The third-order valence-corrected chi connectivity index (χ3v) is 3.55. The fraction of sp³-hybridized carbons (Fsp3) is 0.250. The summed E-state index contributed by atoms with van der Waals surface area (Å²) in [5.41, 5.74) is 0. The zero-order chi connectivity index (χ0) is 13.1. The van der Waals surface area contributed by atoms with E-state index in [9.17, 15) is 4.79 Å². The number of amides is 1. The molecule has 3 rings (SSSR count). The summed E-state index contributed by atoms with van der Waals surface area (Å²) in [6.07, 6.45) is 3.76. The quantitative estimate of drug-likeness (QED) is 0.812. The Hall–Kier alpha value is -1.99. The van der Waals surface area contributed by atoms with E-state index in [0.29, 0.717) is 11.7 Å². The van der Waals surface area contributed by atoms with Crippen molar-refractivity contribution in [3.8, 4) is 10.8 Å². The lowest BCUT2D eigenvalue weighted by molar-refractivity contribution is -0.122. The summed E-state index contributed by atoms with van der Waals surface area (Å²) in [6.45, 7) is 0.989. The van der Waals surface area contributed by atoms with Crippen LogP contribution in [0.25, 0.3) is 10.8 Å². The predicted octanol–water partition coefficient (Wildman–Crippen LogP) is 0.942. The molecule has 3 heterocycles. The summed E-state index contributed by atoms with van der Waals surface area (Å²) in [6, 6.07) is 3.57. The van der Waals surface area contributed by atoms with Crippen LogP contribution in [0.5, 0.6) is 0 Å². The molecule has 1 aliphatic rings. The minimum Gasteiger partial charge on any atom is -0.347 e. The van der Waals surface area contributed by atoms with Crippen LogP contribution in [-0.4, -0.2) is 28.6 Å². The number of aromatic nitrogens is 2. The van der Waals surface area contributed by atoms with Crippen molar-refractivity contribution in [1.82, 2.24) is 20.8 Å². The first kappa shape index (κ1) is 12.1. The average Bonchev–Trinajstić information content (AvgIpc) is 3.14. The van der Waals surface area contributed by atoms with E-state index in [1.807, 2.05) is 29.7 Å². The van der Waals surface area contributed by atoms with Gasteiger partial charge in [0.2, 0.25) is 5.91 Å². The summed E-state index contributed by atoms with van der Waals surface area (Å²) in [5.74, 6) is 0.869. The Bertz CT molecular complexity index is 591. The van der Waals surface area contributed by atoms with E-state index in [1.54, 1.807) is 0 Å². The number of carbonyl (C=O) groups is 1. The Morgan fingerprint density at radius 1 is 1.63 bits per heavy atom. The maximum absolute atomic E-state index is 11.7. The van der Waals surface area contributed by atoms with E-state index in [-0.39, 0.29) is 18.5 Å². The van der Waals surface area contributed by atoms with Crippen LogP contribution in [0.3, 0.4) is 0 Å². The number of nitrogens with zero attached hydrogens (tertiary/aromatic N) is 2. The monoisotopic (exact) mass is 276 g/mol. The molecule has 0 bridgehead atoms. The van der Waals surface area contributed by atoms with Crippen molar-refractivity contribution in [3.63, 3.8) is 0 Å². The van der Waals surface area contributed by atoms with Gasteiger partial charge in [0, 0.05) is 6.54 Å². The highest BCUT2D eigenvalue weighted by Gasteiger charge is 2.18. The van der Waals surface area contributed by atoms with Crippen molar-refractivity contribution in [3.05, 3.63) is 35.5 Å². The first-order chi connectivity index (χ1) is 9.33. The largest absolute Gasteiger partial charge is 0.347 e. The average molecular weight is 276 g/mol. The maximum atomic E-state index is 11.7. The van der Waals surface area contributed by atoms with E-state index >= 15 is 0 Å². The molecule has 0 fully saturated rings. The second kappa shape index (κ2) is 5.33. The molecule has 0 aliphatic carbocycles. The number of thiophene rings is 1. The summed E-state index contributed by atoms with van der Waals surface area (Å²) >= 11 is 1.53. The van der Waals surface area contributed by atoms with Crippen molar-refractivity contribution in [2.45, 2.75) is 12.6 Å².